The fourth-order valence-corrected chi connectivity index (χ4v) is 4.63. The fourth-order valence-electron chi connectivity index (χ4n) is 4.63. The number of rotatable bonds is 4. The van der Waals surface area contributed by atoms with Crippen LogP contribution in [-0.2, 0) is 4.74 Å². The molecule has 0 spiro atoms. The molecule has 2 aliphatic carbocycles. The average molecular weight is 316 g/mol. The van der Waals surface area contributed by atoms with Gasteiger partial charge in [0.1, 0.15) is 6.10 Å². The van der Waals surface area contributed by atoms with E-state index in [1.54, 1.807) is 0 Å². The molecule has 2 fully saturated rings. The second-order valence-electron chi connectivity index (χ2n) is 7.40. The molecule has 2 bridgehead atoms. The van der Waals surface area contributed by atoms with Crippen LogP contribution < -0.4 is 0 Å². The Hall–Kier alpha value is -1.35. The second-order valence-corrected chi connectivity index (χ2v) is 7.40. The molecule has 0 saturated heterocycles. The minimum absolute atomic E-state index is 0.0677. The first-order valence-electron chi connectivity index (χ1n) is 9.06. The van der Waals surface area contributed by atoms with Gasteiger partial charge in [0.25, 0.3) is 0 Å². The first-order chi connectivity index (χ1) is 11.2. The van der Waals surface area contributed by atoms with E-state index in [1.165, 1.54) is 6.42 Å². The first-order valence-corrected chi connectivity index (χ1v) is 9.06. The van der Waals surface area contributed by atoms with Gasteiger partial charge in [-0.1, -0.05) is 31.5 Å². The highest BCUT2D eigenvalue weighted by atomic mass is 16.5. The third-order valence-electron chi connectivity index (χ3n) is 5.96. The Morgan fingerprint density at radius 3 is 2.70 bits per heavy atom. The number of aliphatic hydroxyl groups excluding tert-OH is 1. The molecule has 3 heteroatoms. The molecule has 2 aliphatic rings. The summed E-state index contributed by atoms with van der Waals surface area (Å²) in [6, 6.07) is 9.31. The van der Waals surface area contributed by atoms with E-state index in [4.69, 9.17) is 4.74 Å². The van der Waals surface area contributed by atoms with E-state index in [1.807, 2.05) is 30.3 Å². The van der Waals surface area contributed by atoms with E-state index in [2.05, 4.69) is 6.92 Å². The molecule has 0 radical (unpaired) electrons. The molecule has 126 valence electrons. The first kappa shape index (κ1) is 16.5. The van der Waals surface area contributed by atoms with Crippen LogP contribution in [0.1, 0.15) is 55.8 Å². The average Bonchev–Trinajstić information content (AvgIpc) is 2.75. The molecule has 0 aliphatic heterocycles. The minimum Gasteiger partial charge on any atom is -0.458 e. The van der Waals surface area contributed by atoms with Gasteiger partial charge in [0, 0.05) is 6.61 Å². The van der Waals surface area contributed by atoms with Crippen LogP contribution in [0.5, 0.6) is 0 Å². The largest absolute Gasteiger partial charge is 0.458 e. The number of benzene rings is 1. The minimum atomic E-state index is -0.181. The molecule has 2 saturated carbocycles. The molecule has 0 amide bonds. The maximum absolute atomic E-state index is 12.3. The Kier molecular flexibility index (Phi) is 5.37. The zero-order chi connectivity index (χ0) is 16.2. The van der Waals surface area contributed by atoms with E-state index in [9.17, 15) is 9.90 Å². The molecule has 5 atom stereocenters. The quantitative estimate of drug-likeness (QED) is 0.852. The van der Waals surface area contributed by atoms with Crippen molar-refractivity contribution in [3.8, 4) is 0 Å². The van der Waals surface area contributed by atoms with Crippen molar-refractivity contribution in [2.45, 2.75) is 51.6 Å². The predicted octanol–water partition coefficient (Wildman–Crippen LogP) is 4.06. The number of hydrogen-bond acceptors (Lipinski definition) is 3. The summed E-state index contributed by atoms with van der Waals surface area (Å²) in [6.45, 7) is 2.46. The van der Waals surface area contributed by atoms with Gasteiger partial charge in [0.05, 0.1) is 5.56 Å². The number of esters is 1. The molecule has 23 heavy (non-hydrogen) atoms. The maximum Gasteiger partial charge on any atom is 0.338 e. The van der Waals surface area contributed by atoms with Crippen LogP contribution in [0.15, 0.2) is 30.3 Å². The number of hydrogen-bond donors (Lipinski definition) is 1. The summed E-state index contributed by atoms with van der Waals surface area (Å²) < 4.78 is 5.88. The van der Waals surface area contributed by atoms with E-state index in [0.717, 1.165) is 32.1 Å². The predicted molar refractivity (Wildman–Crippen MR) is 90.1 cm³/mol. The van der Waals surface area contributed by atoms with Gasteiger partial charge in [-0.15, -0.1) is 0 Å². The van der Waals surface area contributed by atoms with Gasteiger partial charge in [0.2, 0.25) is 0 Å². The number of carbonyl (C=O) groups is 1. The third-order valence-corrected chi connectivity index (χ3v) is 5.96. The standard InChI is InChI=1S/C20H28O3/c1-14(13-21)18-11-10-17-12-16(18)8-5-9-19(17)23-20(22)15-6-3-2-4-7-15/h2-4,6-7,14,16-19,21H,5,8-13H2,1H3/t14-,16+,17+,18+,19-/m0/s1. The van der Waals surface area contributed by atoms with Crippen LogP contribution in [0.25, 0.3) is 0 Å². The summed E-state index contributed by atoms with van der Waals surface area (Å²) in [5.41, 5.74) is 0.649. The lowest BCUT2D eigenvalue weighted by atomic mass is 9.68. The highest BCUT2D eigenvalue weighted by Gasteiger charge is 2.39. The highest BCUT2D eigenvalue weighted by molar-refractivity contribution is 5.89. The Morgan fingerprint density at radius 1 is 1.17 bits per heavy atom. The van der Waals surface area contributed by atoms with Crippen molar-refractivity contribution in [3.63, 3.8) is 0 Å². The fraction of sp³-hybridized carbons (Fsp3) is 0.650. The second kappa shape index (κ2) is 7.48. The number of aliphatic hydroxyl groups is 1. The molecule has 3 nitrogen and oxygen atoms in total. The molecule has 0 aromatic heterocycles. The summed E-state index contributed by atoms with van der Waals surface area (Å²) in [5, 5.41) is 9.48. The van der Waals surface area contributed by atoms with Crippen LogP contribution in [0.2, 0.25) is 0 Å². The van der Waals surface area contributed by atoms with Crippen molar-refractivity contribution < 1.29 is 14.6 Å². The number of ether oxygens (including phenoxy) is 1. The van der Waals surface area contributed by atoms with Gasteiger partial charge in [0.15, 0.2) is 0 Å². The normalized spacial score (nSPS) is 31.9. The van der Waals surface area contributed by atoms with Gasteiger partial charge in [-0.25, -0.2) is 4.79 Å². The van der Waals surface area contributed by atoms with Crippen molar-refractivity contribution >= 4 is 5.97 Å². The van der Waals surface area contributed by atoms with Crippen LogP contribution in [0.3, 0.4) is 0 Å². The molecule has 1 aromatic rings. The highest BCUT2D eigenvalue weighted by Crippen LogP contribution is 2.45. The van der Waals surface area contributed by atoms with E-state index < -0.39 is 0 Å². The molecule has 1 aromatic carbocycles. The van der Waals surface area contributed by atoms with Gasteiger partial charge in [-0.2, -0.15) is 0 Å². The summed E-state index contributed by atoms with van der Waals surface area (Å²) >= 11 is 0. The summed E-state index contributed by atoms with van der Waals surface area (Å²) in [7, 11) is 0. The van der Waals surface area contributed by atoms with E-state index >= 15 is 0 Å². The van der Waals surface area contributed by atoms with Crippen molar-refractivity contribution in [2.24, 2.45) is 23.7 Å². The zero-order valence-electron chi connectivity index (χ0n) is 14.0. The molecule has 0 heterocycles. The van der Waals surface area contributed by atoms with Crippen molar-refractivity contribution in [2.75, 3.05) is 6.61 Å². The van der Waals surface area contributed by atoms with Crippen molar-refractivity contribution in [1.82, 2.24) is 0 Å². The van der Waals surface area contributed by atoms with Crippen LogP contribution in [-0.4, -0.2) is 23.8 Å². The lowest BCUT2D eigenvalue weighted by Gasteiger charge is -2.39. The van der Waals surface area contributed by atoms with Crippen molar-refractivity contribution in [3.05, 3.63) is 35.9 Å². The zero-order valence-corrected chi connectivity index (χ0v) is 14.0. The monoisotopic (exact) mass is 316 g/mol. The summed E-state index contributed by atoms with van der Waals surface area (Å²) in [4.78, 5) is 12.3. The topological polar surface area (TPSA) is 46.5 Å². The SMILES string of the molecule is C[C@@H](CO)[C@H]1CC[C@@H]2C[C@H]1CCC[C@@H]2OC(=O)c1ccccc1. The lowest BCUT2D eigenvalue weighted by molar-refractivity contribution is -0.00282. The van der Waals surface area contributed by atoms with E-state index in [0.29, 0.717) is 29.2 Å². The molecule has 3 rings (SSSR count). The van der Waals surface area contributed by atoms with Gasteiger partial charge >= 0.3 is 5.97 Å². The maximum atomic E-state index is 12.3. The smallest absolute Gasteiger partial charge is 0.338 e. The Morgan fingerprint density at radius 2 is 1.96 bits per heavy atom. The summed E-state index contributed by atoms with van der Waals surface area (Å²) in [6.07, 6.45) is 6.84. The van der Waals surface area contributed by atoms with Gasteiger partial charge in [-0.3, -0.25) is 0 Å². The Labute approximate surface area is 139 Å². The molecular weight excluding hydrogens is 288 g/mol. The summed E-state index contributed by atoms with van der Waals surface area (Å²) in [5.74, 6) is 2.04. The lowest BCUT2D eigenvalue weighted by Crippen LogP contribution is -2.34. The van der Waals surface area contributed by atoms with E-state index in [-0.39, 0.29) is 18.7 Å². The number of carbonyl (C=O) groups excluding carboxylic acids is 1. The number of fused-ring (bicyclic) bond motifs is 2. The molecule has 0 unspecified atom stereocenters. The van der Waals surface area contributed by atoms with Crippen LogP contribution >= 0.6 is 0 Å². The van der Waals surface area contributed by atoms with Crippen LogP contribution in [0, 0.1) is 23.7 Å². The van der Waals surface area contributed by atoms with Gasteiger partial charge < -0.3 is 9.84 Å². The Bertz CT molecular complexity index is 513. The van der Waals surface area contributed by atoms with Crippen LogP contribution in [0.4, 0.5) is 0 Å². The van der Waals surface area contributed by atoms with Crippen molar-refractivity contribution in [1.29, 1.82) is 0 Å². The third kappa shape index (κ3) is 3.77. The molecular formula is C20H28O3. The Balaban J connectivity index is 1.64. The van der Waals surface area contributed by atoms with Gasteiger partial charge in [-0.05, 0) is 67.9 Å². The molecule has 1 N–H and O–H groups in total.